The summed E-state index contributed by atoms with van der Waals surface area (Å²) >= 11 is 0. The molecular formula is C14H32N2O. The number of nitrogens with zero attached hydrogens (tertiary/aromatic N) is 1. The molecule has 0 spiro atoms. The zero-order chi connectivity index (χ0) is 12.9. The first-order valence-electron chi connectivity index (χ1n) is 7.31. The largest absolute Gasteiger partial charge is 0.380 e. The Morgan fingerprint density at radius 1 is 1.12 bits per heavy atom. The molecule has 3 heteroatoms. The minimum Gasteiger partial charge on any atom is -0.380 e. The molecule has 0 aliphatic carbocycles. The van der Waals surface area contributed by atoms with Crippen molar-refractivity contribution in [1.29, 1.82) is 0 Å². The standard InChI is InChI=1S/C14H32N2O/c1-5-14(15-6-2)10-9-11-16(7-3)12-13-17-8-4/h14-15H,5-13H2,1-4H3. The van der Waals surface area contributed by atoms with Crippen LogP contribution in [0.2, 0.25) is 0 Å². The summed E-state index contributed by atoms with van der Waals surface area (Å²) in [5.74, 6) is 0. The van der Waals surface area contributed by atoms with E-state index in [2.05, 4.69) is 37.9 Å². The van der Waals surface area contributed by atoms with E-state index in [1.54, 1.807) is 0 Å². The molecule has 0 aromatic heterocycles. The van der Waals surface area contributed by atoms with E-state index in [1.165, 1.54) is 25.8 Å². The average molecular weight is 244 g/mol. The molecule has 3 nitrogen and oxygen atoms in total. The fraction of sp³-hybridized carbons (Fsp3) is 1.00. The molecule has 0 amide bonds. The van der Waals surface area contributed by atoms with Gasteiger partial charge in [-0.15, -0.1) is 0 Å². The topological polar surface area (TPSA) is 24.5 Å². The predicted octanol–water partition coefficient (Wildman–Crippen LogP) is 2.51. The third kappa shape index (κ3) is 9.57. The molecular weight excluding hydrogens is 212 g/mol. The summed E-state index contributed by atoms with van der Waals surface area (Å²) in [6.07, 6.45) is 3.81. The first kappa shape index (κ1) is 16.9. The van der Waals surface area contributed by atoms with Crippen molar-refractivity contribution in [2.75, 3.05) is 39.4 Å². The summed E-state index contributed by atoms with van der Waals surface area (Å²) in [4.78, 5) is 2.48. The lowest BCUT2D eigenvalue weighted by Crippen LogP contribution is -2.32. The highest BCUT2D eigenvalue weighted by Gasteiger charge is 2.06. The van der Waals surface area contributed by atoms with Crippen LogP contribution in [0.15, 0.2) is 0 Å². The fourth-order valence-corrected chi connectivity index (χ4v) is 2.07. The molecule has 17 heavy (non-hydrogen) atoms. The Balaban J connectivity index is 3.59. The summed E-state index contributed by atoms with van der Waals surface area (Å²) in [6, 6.07) is 0.700. The van der Waals surface area contributed by atoms with Crippen molar-refractivity contribution in [1.82, 2.24) is 10.2 Å². The lowest BCUT2D eigenvalue weighted by atomic mass is 10.1. The number of nitrogens with one attached hydrogen (secondary N) is 1. The molecule has 1 unspecified atom stereocenters. The number of hydrogen-bond acceptors (Lipinski definition) is 3. The average Bonchev–Trinajstić information content (AvgIpc) is 2.35. The van der Waals surface area contributed by atoms with Crippen LogP contribution in [0.25, 0.3) is 0 Å². The van der Waals surface area contributed by atoms with Crippen LogP contribution >= 0.6 is 0 Å². The van der Waals surface area contributed by atoms with E-state index in [4.69, 9.17) is 4.74 Å². The van der Waals surface area contributed by atoms with Gasteiger partial charge in [0.15, 0.2) is 0 Å². The Labute approximate surface area is 108 Å². The molecule has 0 fully saturated rings. The molecule has 1 atom stereocenters. The predicted molar refractivity (Wildman–Crippen MR) is 75.6 cm³/mol. The number of hydrogen-bond donors (Lipinski definition) is 1. The summed E-state index contributed by atoms with van der Waals surface area (Å²) in [5, 5.41) is 3.53. The molecule has 0 aliphatic rings. The second kappa shape index (κ2) is 12.3. The van der Waals surface area contributed by atoms with Gasteiger partial charge in [0.2, 0.25) is 0 Å². The summed E-state index contributed by atoms with van der Waals surface area (Å²) in [6.45, 7) is 14.9. The molecule has 0 radical (unpaired) electrons. The number of ether oxygens (including phenoxy) is 1. The molecule has 0 saturated heterocycles. The molecule has 0 aromatic carbocycles. The molecule has 0 aromatic rings. The second-order valence-corrected chi connectivity index (χ2v) is 4.44. The van der Waals surface area contributed by atoms with E-state index >= 15 is 0 Å². The maximum Gasteiger partial charge on any atom is 0.0593 e. The minimum atomic E-state index is 0.700. The van der Waals surface area contributed by atoms with Gasteiger partial charge in [-0.3, -0.25) is 0 Å². The van der Waals surface area contributed by atoms with E-state index in [9.17, 15) is 0 Å². The van der Waals surface area contributed by atoms with Gasteiger partial charge in [-0.2, -0.15) is 0 Å². The van der Waals surface area contributed by atoms with E-state index in [-0.39, 0.29) is 0 Å². The Morgan fingerprint density at radius 3 is 2.41 bits per heavy atom. The van der Waals surface area contributed by atoms with Crippen LogP contribution in [0.1, 0.15) is 47.0 Å². The number of likely N-dealkylation sites (N-methyl/N-ethyl adjacent to an activating group) is 1. The Bertz CT molecular complexity index is 153. The van der Waals surface area contributed by atoms with Gasteiger partial charge in [0.25, 0.3) is 0 Å². The van der Waals surface area contributed by atoms with Crippen molar-refractivity contribution in [3.63, 3.8) is 0 Å². The highest BCUT2D eigenvalue weighted by molar-refractivity contribution is 4.65. The fourth-order valence-electron chi connectivity index (χ4n) is 2.07. The zero-order valence-electron chi connectivity index (χ0n) is 12.3. The number of rotatable bonds is 12. The molecule has 104 valence electrons. The van der Waals surface area contributed by atoms with Crippen molar-refractivity contribution in [2.45, 2.75) is 53.0 Å². The molecule has 0 aliphatic heterocycles. The molecule has 0 saturated carbocycles. The van der Waals surface area contributed by atoms with Gasteiger partial charge in [0.05, 0.1) is 6.61 Å². The third-order valence-corrected chi connectivity index (χ3v) is 3.22. The monoisotopic (exact) mass is 244 g/mol. The van der Waals surface area contributed by atoms with Gasteiger partial charge in [-0.25, -0.2) is 0 Å². The van der Waals surface area contributed by atoms with Gasteiger partial charge < -0.3 is 15.0 Å². The van der Waals surface area contributed by atoms with Gasteiger partial charge in [0.1, 0.15) is 0 Å². The first-order chi connectivity index (χ1) is 8.28. The van der Waals surface area contributed by atoms with Gasteiger partial charge in [0, 0.05) is 19.2 Å². The van der Waals surface area contributed by atoms with E-state index in [0.29, 0.717) is 6.04 Å². The van der Waals surface area contributed by atoms with Crippen molar-refractivity contribution in [3.05, 3.63) is 0 Å². The van der Waals surface area contributed by atoms with Crippen LogP contribution in [-0.4, -0.2) is 50.3 Å². The van der Waals surface area contributed by atoms with Crippen LogP contribution in [-0.2, 0) is 4.74 Å². The maximum absolute atomic E-state index is 5.40. The summed E-state index contributed by atoms with van der Waals surface area (Å²) in [7, 11) is 0. The molecule has 0 bridgehead atoms. The van der Waals surface area contributed by atoms with Gasteiger partial charge >= 0.3 is 0 Å². The van der Waals surface area contributed by atoms with Crippen LogP contribution < -0.4 is 5.32 Å². The van der Waals surface area contributed by atoms with Crippen LogP contribution in [0.4, 0.5) is 0 Å². The van der Waals surface area contributed by atoms with E-state index in [1.807, 2.05) is 0 Å². The van der Waals surface area contributed by atoms with E-state index < -0.39 is 0 Å². The summed E-state index contributed by atoms with van der Waals surface area (Å²) < 4.78 is 5.40. The van der Waals surface area contributed by atoms with Crippen molar-refractivity contribution in [2.24, 2.45) is 0 Å². The normalized spacial score (nSPS) is 13.2. The smallest absolute Gasteiger partial charge is 0.0593 e. The third-order valence-electron chi connectivity index (χ3n) is 3.22. The maximum atomic E-state index is 5.40. The molecule has 0 heterocycles. The lowest BCUT2D eigenvalue weighted by molar-refractivity contribution is 0.114. The molecule has 0 rings (SSSR count). The lowest BCUT2D eigenvalue weighted by Gasteiger charge is -2.22. The van der Waals surface area contributed by atoms with Gasteiger partial charge in [-0.1, -0.05) is 20.8 Å². The van der Waals surface area contributed by atoms with Crippen LogP contribution in [0.3, 0.4) is 0 Å². The highest BCUT2D eigenvalue weighted by Crippen LogP contribution is 2.03. The SMILES string of the molecule is CCNC(CC)CCCN(CC)CCOCC. The van der Waals surface area contributed by atoms with Gasteiger partial charge in [-0.05, 0) is 45.8 Å². The van der Waals surface area contributed by atoms with E-state index in [0.717, 1.165) is 32.8 Å². The van der Waals surface area contributed by atoms with Crippen LogP contribution in [0, 0.1) is 0 Å². The highest BCUT2D eigenvalue weighted by atomic mass is 16.5. The quantitative estimate of drug-likeness (QED) is 0.534. The summed E-state index contributed by atoms with van der Waals surface area (Å²) in [5.41, 5.74) is 0. The van der Waals surface area contributed by atoms with Crippen molar-refractivity contribution >= 4 is 0 Å². The Hall–Kier alpha value is -0.120. The molecule has 1 N–H and O–H groups in total. The first-order valence-corrected chi connectivity index (χ1v) is 7.31. The van der Waals surface area contributed by atoms with Crippen LogP contribution in [0.5, 0.6) is 0 Å². The zero-order valence-corrected chi connectivity index (χ0v) is 12.3. The minimum absolute atomic E-state index is 0.700. The Morgan fingerprint density at radius 2 is 1.88 bits per heavy atom. The Kier molecular flexibility index (Phi) is 12.3. The second-order valence-electron chi connectivity index (χ2n) is 4.44. The van der Waals surface area contributed by atoms with Crippen molar-refractivity contribution < 1.29 is 4.74 Å². The van der Waals surface area contributed by atoms with Crippen molar-refractivity contribution in [3.8, 4) is 0 Å².